The highest BCUT2D eigenvalue weighted by atomic mass is 127. The molecule has 2 heterocycles. The van der Waals surface area contributed by atoms with Gasteiger partial charge in [0.05, 0.1) is 9.77 Å². The van der Waals surface area contributed by atoms with Crippen molar-refractivity contribution in [3.63, 3.8) is 0 Å². The van der Waals surface area contributed by atoms with Gasteiger partial charge in [-0.25, -0.2) is 9.67 Å². The number of amidine groups is 1. The molecule has 0 saturated heterocycles. The molecule has 0 aromatic carbocycles. The minimum Gasteiger partial charge on any atom is -0.409 e. The molecule has 0 spiro atoms. The molecule has 16 heavy (non-hydrogen) atoms. The fourth-order valence-corrected chi connectivity index (χ4v) is 1.55. The van der Waals surface area contributed by atoms with Crippen molar-refractivity contribution in [3.05, 3.63) is 39.9 Å². The first kappa shape index (κ1) is 10.9. The van der Waals surface area contributed by atoms with E-state index in [9.17, 15) is 0 Å². The summed E-state index contributed by atoms with van der Waals surface area (Å²) in [5, 5.41) is 15.5. The second kappa shape index (κ2) is 4.47. The molecule has 7 heteroatoms. The smallest absolute Gasteiger partial charge is 0.171 e. The third-order valence-corrected chi connectivity index (χ3v) is 2.49. The van der Waals surface area contributed by atoms with Crippen LogP contribution in [-0.4, -0.2) is 25.8 Å². The summed E-state index contributed by atoms with van der Waals surface area (Å²) in [7, 11) is 0. The van der Waals surface area contributed by atoms with Crippen LogP contribution in [-0.2, 0) is 0 Å². The molecular weight excluding hydrogens is 321 g/mol. The molecule has 0 amide bonds. The van der Waals surface area contributed by atoms with Crippen LogP contribution in [0.25, 0.3) is 5.82 Å². The van der Waals surface area contributed by atoms with Gasteiger partial charge in [0, 0.05) is 18.0 Å². The lowest BCUT2D eigenvalue weighted by Gasteiger charge is -2.01. The first-order chi connectivity index (χ1) is 7.70. The molecule has 0 aliphatic carbocycles. The Hall–Kier alpha value is -1.64. The van der Waals surface area contributed by atoms with Gasteiger partial charge in [-0.1, -0.05) is 5.16 Å². The second-order valence-corrected chi connectivity index (χ2v) is 4.24. The van der Waals surface area contributed by atoms with Gasteiger partial charge in [-0.05, 0) is 34.7 Å². The van der Waals surface area contributed by atoms with Crippen molar-refractivity contribution in [3.8, 4) is 5.82 Å². The molecule has 2 aromatic heterocycles. The van der Waals surface area contributed by atoms with E-state index >= 15 is 0 Å². The van der Waals surface area contributed by atoms with Crippen molar-refractivity contribution in [2.45, 2.75) is 0 Å². The van der Waals surface area contributed by atoms with Gasteiger partial charge in [-0.15, -0.1) is 0 Å². The van der Waals surface area contributed by atoms with Crippen molar-refractivity contribution in [2.24, 2.45) is 10.9 Å². The van der Waals surface area contributed by atoms with E-state index in [2.05, 4.69) is 37.8 Å². The molecule has 3 N–H and O–H groups in total. The van der Waals surface area contributed by atoms with Crippen LogP contribution >= 0.6 is 22.6 Å². The number of hydrogen-bond acceptors (Lipinski definition) is 4. The highest BCUT2D eigenvalue weighted by Gasteiger charge is 2.02. The summed E-state index contributed by atoms with van der Waals surface area (Å²) in [6.07, 6.45) is 5.12. The zero-order valence-corrected chi connectivity index (χ0v) is 10.2. The topological polar surface area (TPSA) is 89.3 Å². The fraction of sp³-hybridized carbons (Fsp3) is 0. The third kappa shape index (κ3) is 2.13. The number of halogens is 1. The summed E-state index contributed by atoms with van der Waals surface area (Å²) in [5.41, 5.74) is 5.99. The van der Waals surface area contributed by atoms with Gasteiger partial charge >= 0.3 is 0 Å². The van der Waals surface area contributed by atoms with E-state index in [0.717, 1.165) is 3.57 Å². The third-order valence-electron chi connectivity index (χ3n) is 1.94. The summed E-state index contributed by atoms with van der Waals surface area (Å²) < 4.78 is 2.68. The monoisotopic (exact) mass is 329 g/mol. The van der Waals surface area contributed by atoms with Crippen LogP contribution < -0.4 is 5.73 Å². The van der Waals surface area contributed by atoms with Gasteiger partial charge in [0.25, 0.3) is 0 Å². The predicted octanol–water partition coefficient (Wildman–Crippen LogP) is 0.966. The largest absolute Gasteiger partial charge is 0.409 e. The van der Waals surface area contributed by atoms with E-state index in [1.54, 1.807) is 23.0 Å². The summed E-state index contributed by atoms with van der Waals surface area (Å²) in [6, 6.07) is 3.46. The first-order valence-corrected chi connectivity index (χ1v) is 5.43. The maximum Gasteiger partial charge on any atom is 0.171 e. The van der Waals surface area contributed by atoms with Crippen LogP contribution in [0, 0.1) is 3.57 Å². The Balaban J connectivity index is 2.33. The average Bonchev–Trinajstić information content (AvgIpc) is 2.75. The molecule has 2 rings (SSSR count). The second-order valence-electron chi connectivity index (χ2n) is 2.99. The van der Waals surface area contributed by atoms with Crippen LogP contribution in [0.3, 0.4) is 0 Å². The van der Waals surface area contributed by atoms with Crippen LogP contribution in [0.1, 0.15) is 5.56 Å². The molecule has 0 unspecified atom stereocenters. The molecule has 0 aliphatic rings. The van der Waals surface area contributed by atoms with Crippen LogP contribution in [0.4, 0.5) is 0 Å². The minimum absolute atomic E-state index is 0.0362. The van der Waals surface area contributed by atoms with E-state index in [1.807, 2.05) is 6.20 Å². The van der Waals surface area contributed by atoms with Crippen molar-refractivity contribution in [1.82, 2.24) is 14.8 Å². The maximum absolute atomic E-state index is 8.49. The summed E-state index contributed by atoms with van der Waals surface area (Å²) in [6.45, 7) is 0. The van der Waals surface area contributed by atoms with Crippen molar-refractivity contribution in [1.29, 1.82) is 0 Å². The average molecular weight is 329 g/mol. The van der Waals surface area contributed by atoms with Crippen LogP contribution in [0.2, 0.25) is 0 Å². The van der Waals surface area contributed by atoms with E-state index in [4.69, 9.17) is 10.9 Å². The van der Waals surface area contributed by atoms with Gasteiger partial charge in [0.1, 0.15) is 0 Å². The predicted molar refractivity (Wildman–Crippen MR) is 66.6 cm³/mol. The standard InChI is InChI=1S/C9H8IN5O/c10-7-4-13-15(5-7)8-2-1-6(3-12-8)9(11)14-16/h1-5,16H,(H2,11,14). The highest BCUT2D eigenvalue weighted by molar-refractivity contribution is 14.1. The molecule has 82 valence electrons. The molecule has 0 atom stereocenters. The maximum atomic E-state index is 8.49. The van der Waals surface area contributed by atoms with Crippen LogP contribution in [0.15, 0.2) is 35.9 Å². The van der Waals surface area contributed by atoms with Gasteiger partial charge < -0.3 is 10.9 Å². The molecule has 2 aromatic rings. The SMILES string of the molecule is NC(=NO)c1ccc(-n2cc(I)cn2)nc1. The van der Waals surface area contributed by atoms with Gasteiger partial charge in [0.15, 0.2) is 11.7 Å². The summed E-state index contributed by atoms with van der Waals surface area (Å²) >= 11 is 2.17. The van der Waals surface area contributed by atoms with Crippen LogP contribution in [0.5, 0.6) is 0 Å². The van der Waals surface area contributed by atoms with Crippen molar-refractivity contribution >= 4 is 28.4 Å². The number of aromatic nitrogens is 3. The Kier molecular flexibility index (Phi) is 3.04. The van der Waals surface area contributed by atoms with Crippen molar-refractivity contribution < 1.29 is 5.21 Å². The zero-order chi connectivity index (χ0) is 11.5. The van der Waals surface area contributed by atoms with Gasteiger partial charge in [-0.3, -0.25) is 0 Å². The summed E-state index contributed by atoms with van der Waals surface area (Å²) in [5.74, 6) is 0.714. The lowest BCUT2D eigenvalue weighted by Crippen LogP contribution is -2.13. The number of nitrogens with two attached hydrogens (primary N) is 1. The van der Waals surface area contributed by atoms with E-state index < -0.39 is 0 Å². The van der Waals surface area contributed by atoms with E-state index in [0.29, 0.717) is 11.4 Å². The Morgan fingerprint density at radius 2 is 2.25 bits per heavy atom. The van der Waals surface area contributed by atoms with Gasteiger partial charge in [0.2, 0.25) is 0 Å². The Labute approximate surface area is 105 Å². The Bertz CT molecular complexity index is 519. The lowest BCUT2D eigenvalue weighted by atomic mass is 10.2. The quantitative estimate of drug-likeness (QED) is 0.282. The molecule has 0 aliphatic heterocycles. The molecule has 0 bridgehead atoms. The van der Waals surface area contributed by atoms with E-state index in [-0.39, 0.29) is 5.84 Å². The molecule has 0 saturated carbocycles. The molecule has 0 radical (unpaired) electrons. The summed E-state index contributed by atoms with van der Waals surface area (Å²) in [4.78, 5) is 4.16. The lowest BCUT2D eigenvalue weighted by molar-refractivity contribution is 0.318. The number of nitrogens with zero attached hydrogens (tertiary/aromatic N) is 4. The number of pyridine rings is 1. The normalized spacial score (nSPS) is 11.7. The van der Waals surface area contributed by atoms with Crippen molar-refractivity contribution in [2.75, 3.05) is 0 Å². The Morgan fingerprint density at radius 3 is 2.75 bits per heavy atom. The molecule has 6 nitrogen and oxygen atoms in total. The number of rotatable bonds is 2. The van der Waals surface area contributed by atoms with Gasteiger partial charge in [-0.2, -0.15) is 5.10 Å². The highest BCUT2D eigenvalue weighted by Crippen LogP contribution is 2.08. The van der Waals surface area contributed by atoms with E-state index in [1.165, 1.54) is 6.20 Å². The minimum atomic E-state index is 0.0362. The number of hydrogen-bond donors (Lipinski definition) is 2. The Morgan fingerprint density at radius 1 is 1.44 bits per heavy atom. The fourth-order valence-electron chi connectivity index (χ4n) is 1.16. The number of oxime groups is 1. The molecular formula is C9H8IN5O. The first-order valence-electron chi connectivity index (χ1n) is 4.35. The molecule has 0 fully saturated rings. The zero-order valence-electron chi connectivity index (χ0n) is 8.08.